The van der Waals surface area contributed by atoms with E-state index in [9.17, 15) is 5.11 Å². The smallest absolute Gasteiger partial charge is 0.0820 e. The largest absolute Gasteiger partial charge is 0.388 e. The lowest BCUT2D eigenvalue weighted by atomic mass is 9.71. The van der Waals surface area contributed by atoms with E-state index in [0.29, 0.717) is 11.3 Å². The van der Waals surface area contributed by atoms with Crippen molar-refractivity contribution >= 4 is 0 Å². The third kappa shape index (κ3) is 10.6. The summed E-state index contributed by atoms with van der Waals surface area (Å²) in [5.74, 6) is 3.37. The number of allylic oxidation sites excluding steroid dienone is 2. The molecule has 0 saturated carbocycles. The zero-order chi connectivity index (χ0) is 26.1. The normalized spacial score (nSPS) is 21.7. The maximum atomic E-state index is 11.0. The van der Waals surface area contributed by atoms with Crippen LogP contribution in [0.5, 0.6) is 0 Å². The van der Waals surface area contributed by atoms with Gasteiger partial charge in [0.2, 0.25) is 0 Å². The average Bonchev–Trinajstić information content (AvgIpc) is 2.71. The molecule has 200 valence electrons. The van der Waals surface area contributed by atoms with Gasteiger partial charge in [-0.25, -0.2) is 0 Å². The Morgan fingerprint density at radius 2 is 1.21 bits per heavy atom. The highest BCUT2D eigenvalue weighted by atomic mass is 16.3. The van der Waals surface area contributed by atoms with E-state index in [1.54, 1.807) is 0 Å². The zero-order valence-electron chi connectivity index (χ0n) is 25.2. The van der Waals surface area contributed by atoms with Crippen LogP contribution in [0.4, 0.5) is 0 Å². The van der Waals surface area contributed by atoms with Gasteiger partial charge in [-0.1, -0.05) is 112 Å². The molecule has 1 aliphatic rings. The molecule has 0 aliphatic heterocycles. The second kappa shape index (κ2) is 14.9. The Kier molecular flexibility index (Phi) is 13.8. The SMILES string of the molecule is CC1=C(C)C(C(C)C)C(O)C(C)=C1CCC(C)(C)CCCC(C)CCCC(C)CCCC(C)C. The average molecular weight is 475 g/mol. The minimum Gasteiger partial charge on any atom is -0.388 e. The van der Waals surface area contributed by atoms with Crippen molar-refractivity contribution in [2.45, 2.75) is 153 Å². The molecule has 34 heavy (non-hydrogen) atoms. The molecular formula is C33H62O. The third-order valence-electron chi connectivity index (χ3n) is 9.00. The van der Waals surface area contributed by atoms with Crippen LogP contribution in [0.15, 0.2) is 22.3 Å². The van der Waals surface area contributed by atoms with Crippen LogP contribution in [0.3, 0.4) is 0 Å². The van der Waals surface area contributed by atoms with E-state index in [4.69, 9.17) is 0 Å². The maximum absolute atomic E-state index is 11.0. The predicted molar refractivity (Wildman–Crippen MR) is 153 cm³/mol. The van der Waals surface area contributed by atoms with Gasteiger partial charge in [-0.05, 0) is 85.8 Å². The second-order valence-corrected chi connectivity index (χ2v) is 13.7. The fourth-order valence-corrected chi connectivity index (χ4v) is 6.21. The van der Waals surface area contributed by atoms with Crippen molar-refractivity contribution in [1.29, 1.82) is 0 Å². The zero-order valence-corrected chi connectivity index (χ0v) is 25.2. The van der Waals surface area contributed by atoms with Crippen LogP contribution in [-0.2, 0) is 0 Å². The summed E-state index contributed by atoms with van der Waals surface area (Å²) in [5.41, 5.74) is 5.88. The topological polar surface area (TPSA) is 20.2 Å². The Labute approximate surface area is 215 Å². The highest BCUT2D eigenvalue weighted by Crippen LogP contribution is 2.42. The molecule has 1 aliphatic carbocycles. The quantitative estimate of drug-likeness (QED) is 0.236. The van der Waals surface area contributed by atoms with Gasteiger partial charge in [-0.2, -0.15) is 0 Å². The first-order valence-electron chi connectivity index (χ1n) is 14.8. The summed E-state index contributed by atoms with van der Waals surface area (Å²) in [6.45, 7) is 25.7. The molecule has 0 amide bonds. The Morgan fingerprint density at radius 3 is 1.71 bits per heavy atom. The first-order valence-corrected chi connectivity index (χ1v) is 14.8. The Bertz CT molecular complexity index is 647. The molecule has 0 aromatic carbocycles. The van der Waals surface area contributed by atoms with Crippen LogP contribution in [0.1, 0.15) is 147 Å². The molecule has 0 aromatic rings. The molecule has 4 unspecified atom stereocenters. The third-order valence-corrected chi connectivity index (χ3v) is 9.00. The number of aliphatic hydroxyl groups is 1. The summed E-state index contributed by atoms with van der Waals surface area (Å²) in [5, 5.41) is 11.0. The lowest BCUT2D eigenvalue weighted by Gasteiger charge is -2.36. The fraction of sp³-hybridized carbons (Fsp3) is 0.879. The lowest BCUT2D eigenvalue weighted by molar-refractivity contribution is 0.128. The summed E-state index contributed by atoms with van der Waals surface area (Å²) in [4.78, 5) is 0. The van der Waals surface area contributed by atoms with Gasteiger partial charge < -0.3 is 5.11 Å². The summed E-state index contributed by atoms with van der Waals surface area (Å²) in [6.07, 6.45) is 14.5. The summed E-state index contributed by atoms with van der Waals surface area (Å²) >= 11 is 0. The molecule has 0 fully saturated rings. The minimum absolute atomic E-state index is 0.279. The van der Waals surface area contributed by atoms with Crippen molar-refractivity contribution in [2.24, 2.45) is 35.0 Å². The number of rotatable bonds is 16. The Hall–Kier alpha value is -0.560. The van der Waals surface area contributed by atoms with Crippen LogP contribution in [0.2, 0.25) is 0 Å². The molecule has 0 saturated heterocycles. The van der Waals surface area contributed by atoms with Gasteiger partial charge in [0.25, 0.3) is 0 Å². The second-order valence-electron chi connectivity index (χ2n) is 13.7. The van der Waals surface area contributed by atoms with E-state index in [1.807, 2.05) is 0 Å². The molecule has 0 aromatic heterocycles. The first-order chi connectivity index (χ1) is 15.8. The van der Waals surface area contributed by atoms with Crippen LogP contribution in [-0.4, -0.2) is 11.2 Å². The van der Waals surface area contributed by atoms with E-state index in [1.165, 1.54) is 86.5 Å². The van der Waals surface area contributed by atoms with Gasteiger partial charge in [-0.15, -0.1) is 0 Å². The fourth-order valence-electron chi connectivity index (χ4n) is 6.21. The monoisotopic (exact) mass is 474 g/mol. The molecule has 4 atom stereocenters. The van der Waals surface area contributed by atoms with E-state index in [0.717, 1.165) is 24.2 Å². The molecule has 1 N–H and O–H groups in total. The summed E-state index contributed by atoms with van der Waals surface area (Å²) in [7, 11) is 0. The molecule has 1 nitrogen and oxygen atoms in total. The number of aliphatic hydroxyl groups excluding tert-OH is 1. The molecule has 0 heterocycles. The van der Waals surface area contributed by atoms with Crippen LogP contribution >= 0.6 is 0 Å². The number of hydrogen-bond donors (Lipinski definition) is 1. The van der Waals surface area contributed by atoms with E-state index >= 15 is 0 Å². The van der Waals surface area contributed by atoms with Crippen molar-refractivity contribution < 1.29 is 5.11 Å². The molecule has 0 bridgehead atoms. The van der Waals surface area contributed by atoms with Crippen LogP contribution in [0.25, 0.3) is 0 Å². The van der Waals surface area contributed by atoms with Crippen molar-refractivity contribution in [2.75, 3.05) is 0 Å². The molecule has 0 radical (unpaired) electrons. The highest BCUT2D eigenvalue weighted by Gasteiger charge is 2.33. The van der Waals surface area contributed by atoms with Gasteiger partial charge >= 0.3 is 0 Å². The van der Waals surface area contributed by atoms with Gasteiger partial charge in [0.05, 0.1) is 6.10 Å². The summed E-state index contributed by atoms with van der Waals surface area (Å²) in [6, 6.07) is 0. The summed E-state index contributed by atoms with van der Waals surface area (Å²) < 4.78 is 0. The predicted octanol–water partition coefficient (Wildman–Crippen LogP) is 10.5. The van der Waals surface area contributed by atoms with Gasteiger partial charge in [0.15, 0.2) is 0 Å². The van der Waals surface area contributed by atoms with E-state index < -0.39 is 0 Å². The maximum Gasteiger partial charge on any atom is 0.0820 e. The van der Waals surface area contributed by atoms with Crippen LogP contribution in [0, 0.1) is 35.0 Å². The van der Waals surface area contributed by atoms with Crippen molar-refractivity contribution in [3.05, 3.63) is 22.3 Å². The van der Waals surface area contributed by atoms with Gasteiger partial charge in [0, 0.05) is 5.92 Å². The van der Waals surface area contributed by atoms with Crippen LogP contribution < -0.4 is 0 Å². The highest BCUT2D eigenvalue weighted by molar-refractivity contribution is 5.44. The van der Waals surface area contributed by atoms with Crippen molar-refractivity contribution in [3.63, 3.8) is 0 Å². The van der Waals surface area contributed by atoms with Crippen molar-refractivity contribution in [1.82, 2.24) is 0 Å². The first kappa shape index (κ1) is 31.5. The Balaban J connectivity index is 2.40. The van der Waals surface area contributed by atoms with Gasteiger partial charge in [-0.3, -0.25) is 0 Å². The molecule has 0 spiro atoms. The van der Waals surface area contributed by atoms with E-state index in [-0.39, 0.29) is 12.0 Å². The lowest BCUT2D eigenvalue weighted by Crippen LogP contribution is -2.32. The molecular weight excluding hydrogens is 412 g/mol. The Morgan fingerprint density at radius 1 is 0.706 bits per heavy atom. The van der Waals surface area contributed by atoms with Crippen molar-refractivity contribution in [3.8, 4) is 0 Å². The standard InChI is InChI=1S/C33H62O/c1-23(2)15-12-16-25(5)17-13-18-26(6)19-14-21-33(10,11)22-20-30-27(7)28(8)31(24(3)4)32(34)29(30)9/h23-26,31-32,34H,12-22H2,1-11H3. The van der Waals surface area contributed by atoms with Gasteiger partial charge in [0.1, 0.15) is 0 Å². The molecule has 1 heteroatoms. The minimum atomic E-state index is -0.305. The number of hydrogen-bond acceptors (Lipinski definition) is 1. The van der Waals surface area contributed by atoms with E-state index in [2.05, 4.69) is 76.2 Å². The molecule has 1 rings (SSSR count).